The van der Waals surface area contributed by atoms with Crippen LogP contribution in [-0.2, 0) is 0 Å². The maximum atomic E-state index is 11.1. The van der Waals surface area contributed by atoms with E-state index in [1.165, 1.54) is 36.2 Å². The van der Waals surface area contributed by atoms with Gasteiger partial charge in [0, 0.05) is 33.4 Å². The second-order valence-electron chi connectivity index (χ2n) is 5.89. The highest BCUT2D eigenvalue weighted by atomic mass is 79.9. The third kappa shape index (κ3) is 2.03. The third-order valence-corrected chi connectivity index (χ3v) is 5.29. The first kappa shape index (κ1) is 13.1. The lowest BCUT2D eigenvalue weighted by atomic mass is 9.96. The molecule has 0 bridgehead atoms. The second kappa shape index (κ2) is 4.99. The van der Waals surface area contributed by atoms with E-state index in [1.54, 1.807) is 0 Å². The van der Waals surface area contributed by atoms with E-state index in [2.05, 4.69) is 57.2 Å². The fourth-order valence-electron chi connectivity index (χ4n) is 3.89. The van der Waals surface area contributed by atoms with E-state index in [0.717, 1.165) is 16.3 Å². The molecule has 2 aromatic rings. The molecule has 0 spiro atoms. The van der Waals surface area contributed by atoms with E-state index in [-0.39, 0.29) is 0 Å². The molecule has 1 heterocycles. The van der Waals surface area contributed by atoms with Crippen molar-refractivity contribution in [3.63, 3.8) is 0 Å². The number of nitrogens with zero attached hydrogens (tertiary/aromatic N) is 1. The molecular formula is C18H16BrNO. The van der Waals surface area contributed by atoms with Crippen molar-refractivity contribution in [2.24, 2.45) is 0 Å². The summed E-state index contributed by atoms with van der Waals surface area (Å²) in [5.41, 5.74) is 4.66. The topological polar surface area (TPSA) is 20.3 Å². The lowest BCUT2D eigenvalue weighted by Crippen LogP contribution is -2.26. The fourth-order valence-corrected chi connectivity index (χ4v) is 4.15. The highest BCUT2D eigenvalue weighted by Crippen LogP contribution is 2.52. The number of benzene rings is 2. The molecule has 3 heteroatoms. The monoisotopic (exact) mass is 341 g/mol. The summed E-state index contributed by atoms with van der Waals surface area (Å²) in [6, 6.07) is 15.2. The Labute approximate surface area is 132 Å². The van der Waals surface area contributed by atoms with Crippen LogP contribution in [0.2, 0.25) is 0 Å². The van der Waals surface area contributed by atoms with Gasteiger partial charge in [-0.3, -0.25) is 4.79 Å². The minimum absolute atomic E-state index is 0.545. The van der Waals surface area contributed by atoms with Crippen LogP contribution < -0.4 is 4.90 Å². The second-order valence-corrected chi connectivity index (χ2v) is 6.80. The van der Waals surface area contributed by atoms with Crippen molar-refractivity contribution < 1.29 is 4.79 Å². The van der Waals surface area contributed by atoms with Crippen molar-refractivity contribution in [3.05, 3.63) is 58.1 Å². The maximum Gasteiger partial charge on any atom is 0.150 e. The number of aldehydes is 1. The summed E-state index contributed by atoms with van der Waals surface area (Å²) in [7, 11) is 0. The van der Waals surface area contributed by atoms with Crippen molar-refractivity contribution in [3.8, 4) is 0 Å². The molecule has 1 fully saturated rings. The Morgan fingerprint density at radius 3 is 2.67 bits per heavy atom. The molecule has 2 aromatic carbocycles. The van der Waals surface area contributed by atoms with Crippen molar-refractivity contribution >= 4 is 33.6 Å². The molecule has 1 aliphatic carbocycles. The Bertz CT molecular complexity index is 695. The van der Waals surface area contributed by atoms with Gasteiger partial charge < -0.3 is 4.90 Å². The van der Waals surface area contributed by atoms with Gasteiger partial charge in [0.1, 0.15) is 6.29 Å². The summed E-state index contributed by atoms with van der Waals surface area (Å²) in [5, 5.41) is 0. The average molecular weight is 342 g/mol. The summed E-state index contributed by atoms with van der Waals surface area (Å²) in [4.78, 5) is 13.5. The van der Waals surface area contributed by atoms with Gasteiger partial charge in [-0.05, 0) is 60.9 Å². The molecule has 106 valence electrons. The molecule has 2 atom stereocenters. The SMILES string of the molecule is O=Cc1ccc2c(c1)C1CCCC1N2c1ccc(Br)cc1. The standard InChI is InChI=1S/C18H16BrNO/c19-13-5-7-14(8-6-13)20-17-3-1-2-15(17)16-10-12(11-21)4-9-18(16)20/h4-11,15,17H,1-3H2. The number of anilines is 2. The van der Waals surface area contributed by atoms with Crippen LogP contribution in [0.3, 0.4) is 0 Å². The minimum atomic E-state index is 0.545. The number of rotatable bonds is 2. The average Bonchev–Trinajstić information content (AvgIpc) is 3.08. The number of carbonyl (C=O) groups is 1. The summed E-state index contributed by atoms with van der Waals surface area (Å²) >= 11 is 3.50. The number of carbonyl (C=O) groups excluding carboxylic acids is 1. The van der Waals surface area contributed by atoms with Crippen molar-refractivity contribution in [1.29, 1.82) is 0 Å². The van der Waals surface area contributed by atoms with Gasteiger partial charge in [-0.15, -0.1) is 0 Å². The van der Waals surface area contributed by atoms with Crippen LogP contribution in [0.5, 0.6) is 0 Å². The summed E-state index contributed by atoms with van der Waals surface area (Å²) in [5.74, 6) is 0.573. The smallest absolute Gasteiger partial charge is 0.150 e. The first-order valence-electron chi connectivity index (χ1n) is 7.42. The van der Waals surface area contributed by atoms with Gasteiger partial charge in [0.05, 0.1) is 0 Å². The Hall–Kier alpha value is -1.61. The summed E-state index contributed by atoms with van der Waals surface area (Å²) in [6.45, 7) is 0. The highest BCUT2D eigenvalue weighted by molar-refractivity contribution is 9.10. The number of fused-ring (bicyclic) bond motifs is 3. The van der Waals surface area contributed by atoms with E-state index < -0.39 is 0 Å². The lowest BCUT2D eigenvalue weighted by Gasteiger charge is -2.27. The Balaban J connectivity index is 1.85. The van der Waals surface area contributed by atoms with Crippen LogP contribution in [0.4, 0.5) is 11.4 Å². The highest BCUT2D eigenvalue weighted by Gasteiger charge is 2.41. The quantitative estimate of drug-likeness (QED) is 0.712. The zero-order chi connectivity index (χ0) is 14.4. The van der Waals surface area contributed by atoms with Crippen molar-refractivity contribution in [1.82, 2.24) is 0 Å². The van der Waals surface area contributed by atoms with Crippen LogP contribution in [0.15, 0.2) is 46.9 Å². The van der Waals surface area contributed by atoms with Crippen LogP contribution in [-0.4, -0.2) is 12.3 Å². The van der Waals surface area contributed by atoms with Crippen molar-refractivity contribution in [2.75, 3.05) is 4.90 Å². The normalized spacial score (nSPS) is 23.0. The van der Waals surface area contributed by atoms with Gasteiger partial charge in [-0.1, -0.05) is 22.4 Å². The summed E-state index contributed by atoms with van der Waals surface area (Å²) < 4.78 is 1.10. The predicted molar refractivity (Wildman–Crippen MR) is 88.5 cm³/mol. The molecule has 0 radical (unpaired) electrons. The van der Waals surface area contributed by atoms with E-state index >= 15 is 0 Å². The first-order chi connectivity index (χ1) is 10.3. The van der Waals surface area contributed by atoms with Gasteiger partial charge >= 0.3 is 0 Å². The molecule has 0 saturated heterocycles. The largest absolute Gasteiger partial charge is 0.338 e. The van der Waals surface area contributed by atoms with Crippen LogP contribution in [0.1, 0.15) is 41.1 Å². The van der Waals surface area contributed by atoms with E-state index in [9.17, 15) is 4.79 Å². The maximum absolute atomic E-state index is 11.1. The van der Waals surface area contributed by atoms with Gasteiger partial charge in [-0.2, -0.15) is 0 Å². The number of halogens is 1. The zero-order valence-corrected chi connectivity index (χ0v) is 13.2. The Morgan fingerprint density at radius 1 is 1.10 bits per heavy atom. The molecule has 2 unspecified atom stereocenters. The minimum Gasteiger partial charge on any atom is -0.338 e. The third-order valence-electron chi connectivity index (χ3n) is 4.76. The Kier molecular flexibility index (Phi) is 3.11. The van der Waals surface area contributed by atoms with Gasteiger partial charge in [0.25, 0.3) is 0 Å². The van der Waals surface area contributed by atoms with Gasteiger partial charge in [0.2, 0.25) is 0 Å². The Morgan fingerprint density at radius 2 is 1.90 bits per heavy atom. The molecule has 0 amide bonds. The lowest BCUT2D eigenvalue weighted by molar-refractivity contribution is 0.112. The fraction of sp³-hybridized carbons (Fsp3) is 0.278. The number of hydrogen-bond acceptors (Lipinski definition) is 2. The van der Waals surface area contributed by atoms with E-state index in [1.807, 2.05) is 6.07 Å². The van der Waals surface area contributed by atoms with Crippen LogP contribution >= 0.6 is 15.9 Å². The molecule has 0 N–H and O–H groups in total. The van der Waals surface area contributed by atoms with Crippen LogP contribution in [0.25, 0.3) is 0 Å². The molecule has 2 aliphatic rings. The van der Waals surface area contributed by atoms with Gasteiger partial charge in [0.15, 0.2) is 0 Å². The van der Waals surface area contributed by atoms with Crippen LogP contribution in [0, 0.1) is 0 Å². The molecule has 1 saturated carbocycles. The molecule has 1 aliphatic heterocycles. The predicted octanol–water partition coefficient (Wildman–Crippen LogP) is 5.05. The van der Waals surface area contributed by atoms with E-state index in [4.69, 9.17) is 0 Å². The molecule has 2 nitrogen and oxygen atoms in total. The van der Waals surface area contributed by atoms with E-state index in [0.29, 0.717) is 12.0 Å². The molecule has 21 heavy (non-hydrogen) atoms. The molecular weight excluding hydrogens is 326 g/mol. The molecule has 0 aromatic heterocycles. The number of hydrogen-bond donors (Lipinski definition) is 0. The first-order valence-corrected chi connectivity index (χ1v) is 8.21. The molecule has 4 rings (SSSR count). The zero-order valence-electron chi connectivity index (χ0n) is 11.6. The van der Waals surface area contributed by atoms with Crippen molar-refractivity contribution in [2.45, 2.75) is 31.2 Å². The summed E-state index contributed by atoms with van der Waals surface area (Å²) in [6.07, 6.45) is 4.68. The van der Waals surface area contributed by atoms with Gasteiger partial charge in [-0.25, -0.2) is 0 Å².